The van der Waals surface area contributed by atoms with Crippen LogP contribution in [0.1, 0.15) is 22.3 Å². The lowest BCUT2D eigenvalue weighted by Crippen LogP contribution is -2.26. The van der Waals surface area contributed by atoms with Gasteiger partial charge in [0.15, 0.2) is 5.82 Å². The summed E-state index contributed by atoms with van der Waals surface area (Å²) in [6, 6.07) is 1.97. The third-order valence-electron chi connectivity index (χ3n) is 3.17. The highest BCUT2D eigenvalue weighted by Gasteiger charge is 2.20. The Morgan fingerprint density at radius 1 is 1.50 bits per heavy atom. The maximum atomic E-state index is 6.06. The van der Waals surface area contributed by atoms with Gasteiger partial charge in [-0.3, -0.25) is 0 Å². The Labute approximate surface area is 126 Å². The molecule has 0 fully saturated rings. The minimum Gasteiger partial charge on any atom is -0.333 e. The van der Waals surface area contributed by atoms with Gasteiger partial charge in [0.25, 0.3) is 5.89 Å². The summed E-state index contributed by atoms with van der Waals surface area (Å²) in [5.41, 5.74) is 7.47. The molecule has 0 spiro atoms. The summed E-state index contributed by atoms with van der Waals surface area (Å²) in [4.78, 5) is 8.98. The van der Waals surface area contributed by atoms with E-state index in [1.54, 1.807) is 11.3 Å². The van der Waals surface area contributed by atoms with Crippen LogP contribution in [0, 0.1) is 0 Å². The number of nitrogens with zero attached hydrogens (tertiary/aromatic N) is 3. The van der Waals surface area contributed by atoms with E-state index in [1.807, 2.05) is 30.8 Å². The Bertz CT molecular complexity index is 569. The van der Waals surface area contributed by atoms with E-state index in [9.17, 15) is 0 Å². The largest absolute Gasteiger partial charge is 0.333 e. The summed E-state index contributed by atoms with van der Waals surface area (Å²) in [6.45, 7) is 0.705. The van der Waals surface area contributed by atoms with E-state index in [-0.39, 0.29) is 6.04 Å². The first kappa shape index (κ1) is 14.1. The molecule has 0 saturated carbocycles. The smallest absolute Gasteiger partial charge is 0.268 e. The van der Waals surface area contributed by atoms with Gasteiger partial charge in [0.2, 0.25) is 0 Å². The first-order valence-electron chi connectivity index (χ1n) is 6.57. The predicted octanol–water partition coefficient (Wildman–Crippen LogP) is 2.15. The lowest BCUT2D eigenvalue weighted by atomic mass is 10.2. The fraction of sp³-hybridized carbons (Fsp3) is 0.538. The molecular formula is C13H18N4OS2. The molecule has 0 amide bonds. The Morgan fingerprint density at radius 2 is 2.35 bits per heavy atom. The molecule has 0 aromatic carbocycles. The van der Waals surface area contributed by atoms with E-state index in [4.69, 9.17) is 10.3 Å². The maximum absolute atomic E-state index is 6.06. The number of nitrogens with two attached hydrogens (primary N) is 1. The number of thiophene rings is 1. The highest BCUT2D eigenvalue weighted by Crippen LogP contribution is 2.36. The molecule has 2 aromatic heterocycles. The lowest BCUT2D eigenvalue weighted by molar-refractivity contribution is 0.357. The van der Waals surface area contributed by atoms with Gasteiger partial charge in [-0.05, 0) is 37.9 Å². The van der Waals surface area contributed by atoms with Crippen molar-refractivity contribution in [3.63, 3.8) is 0 Å². The number of thioether (sulfide) groups is 1. The van der Waals surface area contributed by atoms with E-state index in [1.165, 1.54) is 16.2 Å². The highest BCUT2D eigenvalue weighted by molar-refractivity contribution is 7.98. The number of hydrogen-bond donors (Lipinski definition) is 1. The van der Waals surface area contributed by atoms with Crippen molar-refractivity contribution in [2.24, 2.45) is 5.73 Å². The molecule has 1 aliphatic heterocycles. The van der Waals surface area contributed by atoms with Crippen molar-refractivity contribution in [3.8, 4) is 10.8 Å². The van der Waals surface area contributed by atoms with Crippen LogP contribution in [-0.4, -0.2) is 41.4 Å². The Morgan fingerprint density at radius 3 is 3.10 bits per heavy atom. The van der Waals surface area contributed by atoms with Gasteiger partial charge in [-0.2, -0.15) is 16.7 Å². The molecule has 5 nitrogen and oxygen atoms in total. The molecule has 0 radical (unpaired) electrons. The number of fused-ring (bicyclic) bond motifs is 1. The van der Waals surface area contributed by atoms with Gasteiger partial charge < -0.3 is 15.2 Å². The lowest BCUT2D eigenvalue weighted by Gasteiger charge is -2.12. The first-order chi connectivity index (χ1) is 9.63. The van der Waals surface area contributed by atoms with E-state index >= 15 is 0 Å². The molecule has 0 saturated heterocycles. The fourth-order valence-electron chi connectivity index (χ4n) is 2.21. The van der Waals surface area contributed by atoms with Gasteiger partial charge in [-0.15, -0.1) is 11.3 Å². The van der Waals surface area contributed by atoms with Crippen LogP contribution < -0.4 is 5.73 Å². The molecule has 3 heterocycles. The predicted molar refractivity (Wildman–Crippen MR) is 83.0 cm³/mol. The summed E-state index contributed by atoms with van der Waals surface area (Å²) in [5, 5.41) is 4.02. The highest BCUT2D eigenvalue weighted by atomic mass is 32.2. The molecule has 2 aromatic rings. The van der Waals surface area contributed by atoms with Crippen LogP contribution in [0.4, 0.5) is 0 Å². The summed E-state index contributed by atoms with van der Waals surface area (Å²) >= 11 is 3.74. The van der Waals surface area contributed by atoms with Crippen LogP contribution in [0.2, 0.25) is 0 Å². The molecule has 1 aliphatic rings. The number of aryl methyl sites for hydroxylation is 1. The van der Waals surface area contributed by atoms with Crippen LogP contribution in [0.25, 0.3) is 10.8 Å². The second-order valence-corrected chi connectivity index (χ2v) is 7.43. The SMILES string of the molecule is CN(C)CC(N)c1noc(-c2cc3c(s2)CCSC3)n1. The Kier molecular flexibility index (Phi) is 4.11. The fourth-order valence-corrected chi connectivity index (χ4v) is 4.51. The van der Waals surface area contributed by atoms with E-state index in [0.717, 1.165) is 17.1 Å². The second-order valence-electron chi connectivity index (χ2n) is 5.19. The van der Waals surface area contributed by atoms with Gasteiger partial charge in [-0.25, -0.2) is 0 Å². The molecule has 20 heavy (non-hydrogen) atoms. The van der Waals surface area contributed by atoms with Crippen LogP contribution >= 0.6 is 23.1 Å². The standard InChI is InChI=1S/C13H18N4OS2/c1-17(2)6-9(14)12-15-13(18-16-12)11-5-8-7-19-4-3-10(8)20-11/h5,9H,3-4,6-7,14H2,1-2H3. The van der Waals surface area contributed by atoms with Crippen molar-refractivity contribution < 1.29 is 4.52 Å². The zero-order valence-corrected chi connectivity index (χ0v) is 13.3. The maximum Gasteiger partial charge on any atom is 0.268 e. The van der Waals surface area contributed by atoms with Crippen LogP contribution in [0.5, 0.6) is 0 Å². The zero-order chi connectivity index (χ0) is 14.1. The van der Waals surface area contributed by atoms with Crippen molar-refractivity contribution in [1.29, 1.82) is 0 Å². The quantitative estimate of drug-likeness (QED) is 0.933. The van der Waals surface area contributed by atoms with Crippen molar-refractivity contribution in [1.82, 2.24) is 15.0 Å². The average Bonchev–Trinajstić information content (AvgIpc) is 3.04. The Hall–Kier alpha value is -0.890. The molecule has 2 N–H and O–H groups in total. The summed E-state index contributed by atoms with van der Waals surface area (Å²) in [5.74, 6) is 3.47. The number of aromatic nitrogens is 2. The van der Waals surface area contributed by atoms with E-state index < -0.39 is 0 Å². The first-order valence-corrected chi connectivity index (χ1v) is 8.54. The van der Waals surface area contributed by atoms with Gasteiger partial charge >= 0.3 is 0 Å². The molecule has 108 valence electrons. The average molecular weight is 310 g/mol. The number of rotatable bonds is 4. The summed E-state index contributed by atoms with van der Waals surface area (Å²) in [7, 11) is 3.96. The minimum absolute atomic E-state index is 0.215. The Balaban J connectivity index is 1.81. The molecule has 1 atom stereocenters. The minimum atomic E-state index is -0.215. The second kappa shape index (κ2) is 5.85. The van der Waals surface area contributed by atoms with Gasteiger partial charge in [0.1, 0.15) is 0 Å². The third-order valence-corrected chi connectivity index (χ3v) is 5.41. The topological polar surface area (TPSA) is 68.2 Å². The molecular weight excluding hydrogens is 292 g/mol. The van der Waals surface area contributed by atoms with Crippen LogP contribution in [-0.2, 0) is 12.2 Å². The number of hydrogen-bond acceptors (Lipinski definition) is 7. The molecule has 1 unspecified atom stereocenters. The monoisotopic (exact) mass is 310 g/mol. The van der Waals surface area contributed by atoms with Crippen molar-refractivity contribution in [2.45, 2.75) is 18.2 Å². The van der Waals surface area contributed by atoms with Crippen molar-refractivity contribution >= 4 is 23.1 Å². The van der Waals surface area contributed by atoms with Crippen molar-refractivity contribution in [2.75, 3.05) is 26.4 Å². The van der Waals surface area contributed by atoms with Crippen molar-refractivity contribution in [3.05, 3.63) is 22.3 Å². The van der Waals surface area contributed by atoms with Crippen LogP contribution in [0.3, 0.4) is 0 Å². The molecule has 7 heteroatoms. The number of likely N-dealkylation sites (N-methyl/N-ethyl adjacent to an activating group) is 1. The van der Waals surface area contributed by atoms with Crippen LogP contribution in [0.15, 0.2) is 10.6 Å². The third kappa shape index (κ3) is 2.90. The summed E-state index contributed by atoms with van der Waals surface area (Å²) in [6.07, 6.45) is 1.14. The molecule has 0 aliphatic carbocycles. The van der Waals surface area contributed by atoms with Gasteiger partial charge in [0.05, 0.1) is 10.9 Å². The zero-order valence-electron chi connectivity index (χ0n) is 11.6. The molecule has 0 bridgehead atoms. The normalized spacial score (nSPS) is 16.4. The summed E-state index contributed by atoms with van der Waals surface area (Å²) < 4.78 is 5.38. The van der Waals surface area contributed by atoms with Gasteiger partial charge in [-0.1, -0.05) is 5.16 Å². The van der Waals surface area contributed by atoms with E-state index in [0.29, 0.717) is 18.3 Å². The van der Waals surface area contributed by atoms with Gasteiger partial charge in [0, 0.05) is 17.2 Å². The van der Waals surface area contributed by atoms with E-state index in [2.05, 4.69) is 16.2 Å². The molecule has 3 rings (SSSR count).